The molecule has 1 fully saturated rings. The molecule has 0 aliphatic heterocycles. The summed E-state index contributed by atoms with van der Waals surface area (Å²) < 4.78 is 0. The van der Waals surface area contributed by atoms with Crippen LogP contribution in [-0.4, -0.2) is 0 Å². The Morgan fingerprint density at radius 1 is 0.780 bits per heavy atom. The molecule has 2 aromatic carbocycles. The van der Waals surface area contributed by atoms with Gasteiger partial charge in [-0.2, -0.15) is 12.8 Å². The van der Waals surface area contributed by atoms with E-state index in [0.717, 1.165) is 25.7 Å². The quantitative estimate of drug-likeness (QED) is 0.181. The molecule has 0 amide bonds. The van der Waals surface area contributed by atoms with E-state index in [2.05, 4.69) is 165 Å². The summed E-state index contributed by atoms with van der Waals surface area (Å²) in [5, 5.41) is 5.19. The van der Waals surface area contributed by atoms with E-state index in [0.29, 0.717) is 17.8 Å². The molecule has 0 nitrogen and oxygen atoms in total. The fourth-order valence-electron chi connectivity index (χ4n) is 6.62. The molecule has 0 bridgehead atoms. The third-order valence-corrected chi connectivity index (χ3v) is 9.08. The number of halogens is 2. The number of hydrogen-bond acceptors (Lipinski definition) is 0. The first-order valence-corrected chi connectivity index (χ1v) is 17.4. The molecule has 0 saturated heterocycles. The summed E-state index contributed by atoms with van der Waals surface area (Å²) in [6.07, 6.45) is 35.4. The number of benzene rings is 2. The zero-order valence-corrected chi connectivity index (χ0v) is 37.6. The Hall–Kier alpha value is -1.29. The molecule has 5 aliphatic rings. The smallest absolute Gasteiger partial charge is 0.343 e. The Kier molecular flexibility index (Phi) is 24.2. The van der Waals surface area contributed by atoms with Crippen molar-refractivity contribution < 1.29 is 52.4 Å². The van der Waals surface area contributed by atoms with Gasteiger partial charge in [0, 0.05) is 26.2 Å². The Balaban J connectivity index is 0.000000752. The molecule has 3 atom stereocenters. The van der Waals surface area contributed by atoms with Gasteiger partial charge >= 0.3 is 26.2 Å². The first-order valence-electron chi connectivity index (χ1n) is 17.4. The van der Waals surface area contributed by atoms with Crippen LogP contribution in [0.4, 0.5) is 0 Å². The van der Waals surface area contributed by atoms with Gasteiger partial charge < -0.3 is 20.3 Å². The first kappa shape index (κ1) is 48.7. The van der Waals surface area contributed by atoms with Crippen LogP contribution in [-0.2, 0) is 52.4 Å². The van der Waals surface area contributed by atoms with Gasteiger partial charge in [0.2, 0.25) is 0 Å². The van der Waals surface area contributed by atoms with Crippen LogP contribution in [0.1, 0.15) is 91.2 Å². The van der Waals surface area contributed by atoms with Crippen molar-refractivity contribution in [3.63, 3.8) is 0 Å². The Morgan fingerprint density at radius 3 is 1.96 bits per heavy atom. The molecule has 3 unspecified atom stereocenters. The Bertz CT molecular complexity index is 1800. The van der Waals surface area contributed by atoms with Gasteiger partial charge in [0.1, 0.15) is 0 Å². The van der Waals surface area contributed by atoms with Crippen LogP contribution in [0.3, 0.4) is 0 Å². The van der Waals surface area contributed by atoms with Gasteiger partial charge in [-0.05, 0) is 46.5 Å². The molecular weight excluding hydrogens is 806 g/mol. The molecule has 0 spiro atoms. The second kappa shape index (κ2) is 24.9. The topological polar surface area (TPSA) is 0 Å². The van der Waals surface area contributed by atoms with Crippen molar-refractivity contribution in [3.05, 3.63) is 166 Å². The van der Waals surface area contributed by atoms with E-state index in [4.69, 9.17) is 0 Å². The maximum atomic E-state index is 3.64. The molecule has 5 aliphatic carbocycles. The average molecular weight is 862 g/mol. The van der Waals surface area contributed by atoms with Crippen molar-refractivity contribution in [2.75, 3.05) is 0 Å². The predicted octanol–water partition coefficient (Wildman–Crippen LogP) is 12.0. The maximum Gasteiger partial charge on any atom is 3.00 e. The van der Waals surface area contributed by atoms with Crippen LogP contribution in [0, 0.1) is 48.5 Å². The van der Waals surface area contributed by atoms with E-state index < -0.39 is 0 Å². The molecule has 0 N–H and O–H groups in total. The minimum atomic E-state index is 0. The molecule has 7 rings (SSSR count). The molecular formula is C46H56Cl2Zr2-. The monoisotopic (exact) mass is 858 g/mol. The standard InChI is InChI=1S/C21H17.C17H19.2C4H9.2ClH.2Zr/c1-14(2)17-11-12-19-18-10-6-5-9-16(18)13-20(19)21(17)15-7-3-4-8-15;1-12(2)17-15-10-6-5-9-14(15)11-16(17)13-7-3-4-8-13;2*1-3-4-2;;;;/h3-7,9-12H,8H2,1-2H3;3-7,9-11,14-16H,8H2,1-2H3;2*1,3-4H2,2H3;2*1H;;/q4*-1;;;;+3. The van der Waals surface area contributed by atoms with Gasteiger partial charge in [-0.25, -0.2) is 0 Å². The predicted molar refractivity (Wildman–Crippen MR) is 217 cm³/mol. The molecule has 2 aromatic rings. The van der Waals surface area contributed by atoms with Crippen molar-refractivity contribution in [2.45, 2.75) is 80.1 Å². The summed E-state index contributed by atoms with van der Waals surface area (Å²) in [7, 11) is 0. The van der Waals surface area contributed by atoms with Crippen LogP contribution in [0.5, 0.6) is 0 Å². The average Bonchev–Trinajstić information content (AvgIpc) is 3.90. The summed E-state index contributed by atoms with van der Waals surface area (Å²) >= 11 is 0. The third-order valence-electron chi connectivity index (χ3n) is 9.08. The molecule has 1 saturated carbocycles. The minimum absolute atomic E-state index is 0. The molecule has 4 heteroatoms. The van der Waals surface area contributed by atoms with Crippen molar-refractivity contribution in [3.8, 4) is 0 Å². The largest absolute Gasteiger partial charge is 3.00 e. The first-order chi connectivity index (χ1) is 22.4. The molecule has 0 aromatic heterocycles. The van der Waals surface area contributed by atoms with Crippen LogP contribution >= 0.6 is 24.8 Å². The van der Waals surface area contributed by atoms with Crippen LogP contribution < -0.4 is 10.4 Å². The fourth-order valence-corrected chi connectivity index (χ4v) is 6.62. The van der Waals surface area contributed by atoms with Crippen molar-refractivity contribution >= 4 is 42.0 Å². The van der Waals surface area contributed by atoms with Gasteiger partial charge in [-0.3, -0.25) is 0 Å². The van der Waals surface area contributed by atoms with E-state index in [1.807, 2.05) is 0 Å². The fraction of sp³-hybridized carbons (Fsp3) is 0.326. The molecule has 0 heterocycles. The van der Waals surface area contributed by atoms with Gasteiger partial charge in [0.15, 0.2) is 0 Å². The summed E-state index contributed by atoms with van der Waals surface area (Å²) in [6, 6.07) is 13.1. The zero-order chi connectivity index (χ0) is 33.1. The van der Waals surface area contributed by atoms with E-state index in [1.165, 1.54) is 61.6 Å². The van der Waals surface area contributed by atoms with Crippen LogP contribution in [0.25, 0.3) is 17.2 Å². The van der Waals surface area contributed by atoms with Crippen molar-refractivity contribution in [1.82, 2.24) is 0 Å². The number of rotatable bonds is 4. The summed E-state index contributed by atoms with van der Waals surface area (Å²) in [6.45, 7) is 20.3. The second-order valence-corrected chi connectivity index (χ2v) is 13.0. The van der Waals surface area contributed by atoms with E-state index in [1.54, 1.807) is 11.1 Å². The number of hydrogen-bond donors (Lipinski definition) is 0. The SMILES string of the molecule is CC(C)=C1C(C2=CC=CC2)[CH-]C2C=CC=CC12.CC(C)=c1ccc2c(c1C1=CC=CC1)[C-]=c1ccccc1=2.Cl.Cl.[CH2-]CCC.[CH2-]CCC.[Zr+3].[Zr]. The third kappa shape index (κ3) is 12.1. The Labute approximate surface area is 355 Å². The van der Waals surface area contributed by atoms with E-state index in [-0.39, 0.29) is 77.2 Å². The van der Waals surface area contributed by atoms with Gasteiger partial charge in [0.25, 0.3) is 0 Å². The van der Waals surface area contributed by atoms with E-state index >= 15 is 0 Å². The number of allylic oxidation sites excluding steroid dienone is 14. The number of fused-ring (bicyclic) bond motifs is 3. The van der Waals surface area contributed by atoms with Gasteiger partial charge in [-0.1, -0.05) is 150 Å². The van der Waals surface area contributed by atoms with Gasteiger partial charge in [-0.15, -0.1) is 76.1 Å². The molecule has 50 heavy (non-hydrogen) atoms. The molecule has 1 radical (unpaired) electrons. The maximum absolute atomic E-state index is 3.64. The van der Waals surface area contributed by atoms with E-state index in [9.17, 15) is 0 Å². The second-order valence-electron chi connectivity index (χ2n) is 13.0. The molecule has 263 valence electrons. The Morgan fingerprint density at radius 2 is 1.40 bits per heavy atom. The van der Waals surface area contributed by atoms with Crippen LogP contribution in [0.15, 0.2) is 114 Å². The summed E-state index contributed by atoms with van der Waals surface area (Å²) in [5.41, 5.74) is 10.1. The van der Waals surface area contributed by atoms with Crippen molar-refractivity contribution in [2.24, 2.45) is 17.8 Å². The van der Waals surface area contributed by atoms with Gasteiger partial charge in [0.05, 0.1) is 0 Å². The summed E-state index contributed by atoms with van der Waals surface area (Å²) in [4.78, 5) is 0. The normalized spacial score (nSPS) is 18.9. The van der Waals surface area contributed by atoms with Crippen LogP contribution in [0.2, 0.25) is 0 Å². The zero-order valence-electron chi connectivity index (χ0n) is 31.0. The number of unbranched alkanes of at least 4 members (excludes halogenated alkanes) is 2. The van der Waals surface area contributed by atoms with Crippen molar-refractivity contribution in [1.29, 1.82) is 0 Å². The minimum Gasteiger partial charge on any atom is -0.343 e. The summed E-state index contributed by atoms with van der Waals surface area (Å²) in [5.74, 6) is 1.78.